The molecule has 0 aromatic heterocycles. The summed E-state index contributed by atoms with van der Waals surface area (Å²) in [5.41, 5.74) is 7.33. The van der Waals surface area contributed by atoms with Crippen molar-refractivity contribution in [3.63, 3.8) is 0 Å². The van der Waals surface area contributed by atoms with Crippen molar-refractivity contribution in [2.75, 3.05) is 25.4 Å². The summed E-state index contributed by atoms with van der Waals surface area (Å²) in [6.45, 7) is 5.19. The molecule has 0 bridgehead atoms. The van der Waals surface area contributed by atoms with Crippen LogP contribution < -0.4 is 5.73 Å². The van der Waals surface area contributed by atoms with Crippen molar-refractivity contribution >= 4 is 11.6 Å². The lowest BCUT2D eigenvalue weighted by Gasteiger charge is -2.24. The van der Waals surface area contributed by atoms with Gasteiger partial charge in [-0.15, -0.1) is 0 Å². The van der Waals surface area contributed by atoms with Crippen molar-refractivity contribution in [1.82, 2.24) is 4.90 Å². The molecule has 1 aromatic rings. The van der Waals surface area contributed by atoms with E-state index in [2.05, 4.69) is 0 Å². The van der Waals surface area contributed by atoms with Crippen LogP contribution in [0.4, 0.5) is 5.69 Å². The summed E-state index contributed by atoms with van der Waals surface area (Å²) in [5.74, 6) is -0.122. The van der Waals surface area contributed by atoms with E-state index < -0.39 is 0 Å². The maximum atomic E-state index is 12.3. The number of amides is 1. The number of nitrogen functional groups attached to an aromatic ring is 1. The molecule has 18 heavy (non-hydrogen) atoms. The summed E-state index contributed by atoms with van der Waals surface area (Å²) < 4.78 is 0. The minimum absolute atomic E-state index is 0.0801. The van der Waals surface area contributed by atoms with E-state index in [1.165, 1.54) is 0 Å². The lowest BCUT2D eigenvalue weighted by atomic mass is 9.99. The van der Waals surface area contributed by atoms with Crippen LogP contribution in [-0.4, -0.2) is 35.6 Å². The van der Waals surface area contributed by atoms with Gasteiger partial charge in [0, 0.05) is 25.4 Å². The van der Waals surface area contributed by atoms with Gasteiger partial charge in [-0.3, -0.25) is 4.79 Å². The van der Waals surface area contributed by atoms with Gasteiger partial charge in [0.25, 0.3) is 0 Å². The van der Waals surface area contributed by atoms with Gasteiger partial charge in [0.05, 0.1) is 5.92 Å². The molecule has 0 aliphatic heterocycles. The number of nitrogens with two attached hydrogens (primary N) is 1. The monoisotopic (exact) mass is 250 g/mol. The topological polar surface area (TPSA) is 66.6 Å². The Morgan fingerprint density at radius 2 is 2.22 bits per heavy atom. The van der Waals surface area contributed by atoms with E-state index in [0.29, 0.717) is 25.2 Å². The van der Waals surface area contributed by atoms with Crippen molar-refractivity contribution in [2.24, 2.45) is 0 Å². The molecule has 0 spiro atoms. The number of aliphatic hydroxyl groups excluding tert-OH is 1. The molecular weight excluding hydrogens is 228 g/mol. The molecule has 1 atom stereocenters. The number of rotatable bonds is 6. The Bertz CT molecular complexity index is 393. The van der Waals surface area contributed by atoms with Crippen LogP contribution in [-0.2, 0) is 4.79 Å². The molecule has 3 N–H and O–H groups in total. The predicted molar refractivity (Wildman–Crippen MR) is 73.2 cm³/mol. The fourth-order valence-electron chi connectivity index (χ4n) is 1.93. The molecule has 0 saturated heterocycles. The number of aliphatic hydroxyl groups is 1. The molecule has 100 valence electrons. The fraction of sp³-hybridized carbons (Fsp3) is 0.500. The first-order valence-corrected chi connectivity index (χ1v) is 6.35. The van der Waals surface area contributed by atoms with E-state index in [-0.39, 0.29) is 18.4 Å². The maximum Gasteiger partial charge on any atom is 0.229 e. The van der Waals surface area contributed by atoms with E-state index in [1.807, 2.05) is 38.1 Å². The average molecular weight is 250 g/mol. The molecule has 0 radical (unpaired) electrons. The number of anilines is 1. The summed E-state index contributed by atoms with van der Waals surface area (Å²) in [6, 6.07) is 7.42. The Labute approximate surface area is 108 Å². The third kappa shape index (κ3) is 3.74. The van der Waals surface area contributed by atoms with Gasteiger partial charge in [-0.1, -0.05) is 12.1 Å². The van der Waals surface area contributed by atoms with Crippen LogP contribution in [0.2, 0.25) is 0 Å². The normalized spacial score (nSPS) is 12.2. The molecule has 0 aliphatic rings. The molecule has 0 fully saturated rings. The number of nitrogens with zero attached hydrogens (tertiary/aromatic N) is 1. The van der Waals surface area contributed by atoms with Crippen molar-refractivity contribution in [3.8, 4) is 0 Å². The first kappa shape index (κ1) is 14.5. The van der Waals surface area contributed by atoms with E-state index in [1.54, 1.807) is 4.90 Å². The fourth-order valence-corrected chi connectivity index (χ4v) is 1.93. The zero-order valence-corrected chi connectivity index (χ0v) is 11.1. The molecule has 0 aliphatic carbocycles. The average Bonchev–Trinajstić information content (AvgIpc) is 2.38. The lowest BCUT2D eigenvalue weighted by Crippen LogP contribution is -2.35. The molecular formula is C14H22N2O2. The van der Waals surface area contributed by atoms with Gasteiger partial charge < -0.3 is 15.7 Å². The second kappa shape index (κ2) is 7.01. The number of carbonyl (C=O) groups excluding carboxylic acids is 1. The Hall–Kier alpha value is -1.55. The van der Waals surface area contributed by atoms with Gasteiger partial charge in [-0.05, 0) is 38.0 Å². The van der Waals surface area contributed by atoms with Crippen molar-refractivity contribution in [2.45, 2.75) is 26.2 Å². The highest BCUT2D eigenvalue weighted by Gasteiger charge is 2.20. The van der Waals surface area contributed by atoms with Crippen LogP contribution in [0.25, 0.3) is 0 Å². The standard InChI is InChI=1S/C14H22N2O2/c1-3-16(8-5-9-17)14(18)11(2)12-6-4-7-13(15)10-12/h4,6-7,10-11,17H,3,5,8-9,15H2,1-2H3. The largest absolute Gasteiger partial charge is 0.399 e. The van der Waals surface area contributed by atoms with E-state index in [0.717, 1.165) is 5.56 Å². The smallest absolute Gasteiger partial charge is 0.229 e. The van der Waals surface area contributed by atoms with Gasteiger partial charge in [-0.25, -0.2) is 0 Å². The Kier molecular flexibility index (Phi) is 5.65. The third-order valence-electron chi connectivity index (χ3n) is 3.06. The Balaban J connectivity index is 2.75. The van der Waals surface area contributed by atoms with Crippen molar-refractivity contribution < 1.29 is 9.90 Å². The summed E-state index contributed by atoms with van der Waals surface area (Å²) in [6.07, 6.45) is 0.614. The summed E-state index contributed by atoms with van der Waals surface area (Å²) in [7, 11) is 0. The van der Waals surface area contributed by atoms with E-state index in [9.17, 15) is 4.79 Å². The van der Waals surface area contributed by atoms with Gasteiger partial charge in [-0.2, -0.15) is 0 Å². The SMILES string of the molecule is CCN(CCCO)C(=O)C(C)c1cccc(N)c1. The van der Waals surface area contributed by atoms with E-state index in [4.69, 9.17) is 10.8 Å². The van der Waals surface area contributed by atoms with Gasteiger partial charge >= 0.3 is 0 Å². The highest BCUT2D eigenvalue weighted by atomic mass is 16.3. The van der Waals surface area contributed by atoms with Gasteiger partial charge in [0.1, 0.15) is 0 Å². The van der Waals surface area contributed by atoms with E-state index >= 15 is 0 Å². The van der Waals surface area contributed by atoms with Crippen LogP contribution in [0.5, 0.6) is 0 Å². The second-order valence-corrected chi connectivity index (χ2v) is 4.39. The molecule has 0 saturated carbocycles. The number of hydrogen-bond donors (Lipinski definition) is 2. The Morgan fingerprint density at radius 1 is 1.50 bits per heavy atom. The quantitative estimate of drug-likeness (QED) is 0.754. The van der Waals surface area contributed by atoms with Gasteiger partial charge in [0.15, 0.2) is 0 Å². The minimum Gasteiger partial charge on any atom is -0.399 e. The highest BCUT2D eigenvalue weighted by molar-refractivity contribution is 5.83. The molecule has 1 aromatic carbocycles. The zero-order chi connectivity index (χ0) is 13.5. The third-order valence-corrected chi connectivity index (χ3v) is 3.06. The first-order valence-electron chi connectivity index (χ1n) is 6.35. The molecule has 4 nitrogen and oxygen atoms in total. The van der Waals surface area contributed by atoms with Crippen molar-refractivity contribution in [1.29, 1.82) is 0 Å². The minimum atomic E-state index is -0.202. The predicted octanol–water partition coefficient (Wildman–Crippen LogP) is 1.60. The first-order chi connectivity index (χ1) is 8.60. The Morgan fingerprint density at radius 3 is 2.78 bits per heavy atom. The number of hydrogen-bond acceptors (Lipinski definition) is 3. The summed E-state index contributed by atoms with van der Waals surface area (Å²) in [4.78, 5) is 14.1. The molecule has 1 amide bonds. The zero-order valence-electron chi connectivity index (χ0n) is 11.1. The highest BCUT2D eigenvalue weighted by Crippen LogP contribution is 2.20. The van der Waals surface area contributed by atoms with Crippen LogP contribution in [0.15, 0.2) is 24.3 Å². The lowest BCUT2D eigenvalue weighted by molar-refractivity contribution is -0.132. The summed E-state index contributed by atoms with van der Waals surface area (Å²) >= 11 is 0. The van der Waals surface area contributed by atoms with Crippen molar-refractivity contribution in [3.05, 3.63) is 29.8 Å². The second-order valence-electron chi connectivity index (χ2n) is 4.39. The van der Waals surface area contributed by atoms with Crippen LogP contribution in [0.3, 0.4) is 0 Å². The summed E-state index contributed by atoms with van der Waals surface area (Å²) in [5, 5.41) is 8.83. The maximum absolute atomic E-state index is 12.3. The number of likely N-dealkylation sites (N-methyl/N-ethyl adjacent to an activating group) is 1. The number of carbonyl (C=O) groups is 1. The van der Waals surface area contributed by atoms with Crippen LogP contribution >= 0.6 is 0 Å². The van der Waals surface area contributed by atoms with Gasteiger partial charge in [0.2, 0.25) is 5.91 Å². The number of benzene rings is 1. The molecule has 1 rings (SSSR count). The van der Waals surface area contributed by atoms with Crippen LogP contribution in [0.1, 0.15) is 31.7 Å². The molecule has 4 heteroatoms. The molecule has 0 heterocycles. The van der Waals surface area contributed by atoms with Crippen LogP contribution in [0, 0.1) is 0 Å². The molecule has 1 unspecified atom stereocenters.